The van der Waals surface area contributed by atoms with Crippen molar-refractivity contribution in [2.75, 3.05) is 0 Å². The number of nitrogens with zero attached hydrogens (tertiary/aromatic N) is 2. The number of hydrogen-bond donors (Lipinski definition) is 0. The summed E-state index contributed by atoms with van der Waals surface area (Å²) >= 11 is 0. The monoisotopic (exact) mass is 534 g/mol. The first-order valence-electron chi connectivity index (χ1n) is 14.3. The Kier molecular flexibility index (Phi) is 5.82. The molecular formula is C40H26N2. The number of aromatic nitrogens is 2. The molecule has 0 saturated heterocycles. The number of benzene rings is 6. The lowest BCUT2D eigenvalue weighted by molar-refractivity contribution is 1.28. The lowest BCUT2D eigenvalue weighted by Gasteiger charge is -2.19. The van der Waals surface area contributed by atoms with Crippen LogP contribution in [0.2, 0.25) is 0 Å². The molecule has 0 N–H and O–H groups in total. The molecule has 0 aliphatic carbocycles. The van der Waals surface area contributed by atoms with E-state index in [1.807, 2.05) is 30.6 Å². The molecule has 2 aromatic heterocycles. The van der Waals surface area contributed by atoms with Gasteiger partial charge >= 0.3 is 0 Å². The Labute approximate surface area is 244 Å². The molecule has 2 nitrogen and oxygen atoms in total. The standard InChI is InChI=1S/C40H26N2/c1-2-12-27(13-3-1)39-32-16-6-8-18-34(32)40(35-19-9-7-17-33(35)39)36-23-22-31(29-14-4-5-15-30(29)36)38-24-21-28(26-42-38)37-20-10-11-25-41-37/h1-26H. The van der Waals surface area contributed by atoms with Crippen molar-refractivity contribution in [1.29, 1.82) is 0 Å². The van der Waals surface area contributed by atoms with Crippen LogP contribution in [-0.2, 0) is 0 Å². The zero-order valence-corrected chi connectivity index (χ0v) is 22.9. The van der Waals surface area contributed by atoms with Crippen LogP contribution < -0.4 is 0 Å². The van der Waals surface area contributed by atoms with Crippen LogP contribution in [0.1, 0.15) is 0 Å². The van der Waals surface area contributed by atoms with Gasteiger partial charge < -0.3 is 0 Å². The minimum atomic E-state index is 0.925. The van der Waals surface area contributed by atoms with Crippen LogP contribution in [0.5, 0.6) is 0 Å². The maximum Gasteiger partial charge on any atom is 0.0717 e. The highest BCUT2D eigenvalue weighted by atomic mass is 14.7. The molecule has 0 unspecified atom stereocenters. The molecule has 0 aliphatic rings. The molecule has 0 saturated carbocycles. The fourth-order valence-electron chi connectivity index (χ4n) is 6.31. The summed E-state index contributed by atoms with van der Waals surface area (Å²) in [4.78, 5) is 9.36. The largest absolute Gasteiger partial charge is 0.256 e. The molecule has 8 rings (SSSR count). The number of fused-ring (bicyclic) bond motifs is 3. The topological polar surface area (TPSA) is 25.8 Å². The van der Waals surface area contributed by atoms with Gasteiger partial charge in [-0.1, -0.05) is 121 Å². The lowest BCUT2D eigenvalue weighted by Crippen LogP contribution is -1.93. The van der Waals surface area contributed by atoms with Crippen molar-refractivity contribution in [3.63, 3.8) is 0 Å². The molecule has 2 heterocycles. The summed E-state index contributed by atoms with van der Waals surface area (Å²) in [5, 5.41) is 7.44. The quantitative estimate of drug-likeness (QED) is 0.210. The van der Waals surface area contributed by atoms with Crippen LogP contribution in [-0.4, -0.2) is 9.97 Å². The molecule has 0 bridgehead atoms. The molecule has 6 aromatic carbocycles. The second kappa shape index (κ2) is 10.1. The Balaban J connectivity index is 1.38. The van der Waals surface area contributed by atoms with E-state index in [-0.39, 0.29) is 0 Å². The molecule has 0 amide bonds. The van der Waals surface area contributed by atoms with Crippen molar-refractivity contribution in [2.24, 2.45) is 0 Å². The normalized spacial score (nSPS) is 11.3. The third-order valence-electron chi connectivity index (χ3n) is 8.19. The van der Waals surface area contributed by atoms with Crippen molar-refractivity contribution < 1.29 is 0 Å². The summed E-state index contributed by atoms with van der Waals surface area (Å²) in [6.45, 7) is 0. The Morgan fingerprint density at radius 1 is 0.310 bits per heavy atom. The Bertz CT molecular complexity index is 2160. The van der Waals surface area contributed by atoms with E-state index in [0.29, 0.717) is 0 Å². The third kappa shape index (κ3) is 3.96. The van der Waals surface area contributed by atoms with Crippen molar-refractivity contribution in [2.45, 2.75) is 0 Å². The van der Waals surface area contributed by atoms with Crippen LogP contribution in [0.25, 0.3) is 77.1 Å². The van der Waals surface area contributed by atoms with Gasteiger partial charge in [0.2, 0.25) is 0 Å². The number of hydrogen-bond acceptors (Lipinski definition) is 2. The summed E-state index contributed by atoms with van der Waals surface area (Å²) < 4.78 is 0. The van der Waals surface area contributed by atoms with Crippen LogP contribution >= 0.6 is 0 Å². The van der Waals surface area contributed by atoms with Gasteiger partial charge in [-0.05, 0) is 78.8 Å². The van der Waals surface area contributed by atoms with Gasteiger partial charge in [-0.2, -0.15) is 0 Å². The Morgan fingerprint density at radius 2 is 0.857 bits per heavy atom. The summed E-state index contributed by atoms with van der Waals surface area (Å²) in [6, 6.07) is 51.8. The molecular weight excluding hydrogens is 508 g/mol. The Hall–Kier alpha value is -5.60. The van der Waals surface area contributed by atoms with E-state index in [9.17, 15) is 0 Å². The molecule has 0 spiro atoms. The molecule has 0 fully saturated rings. The fraction of sp³-hybridized carbons (Fsp3) is 0. The van der Waals surface area contributed by atoms with Gasteiger partial charge in [-0.3, -0.25) is 9.97 Å². The van der Waals surface area contributed by atoms with E-state index < -0.39 is 0 Å². The van der Waals surface area contributed by atoms with Crippen molar-refractivity contribution >= 4 is 32.3 Å². The summed E-state index contributed by atoms with van der Waals surface area (Å²) in [5.74, 6) is 0. The second-order valence-electron chi connectivity index (χ2n) is 10.6. The average molecular weight is 535 g/mol. The number of pyridine rings is 2. The lowest BCUT2D eigenvalue weighted by atomic mass is 9.84. The SMILES string of the molecule is c1ccc(-c2c3ccccc3c(-c3ccc(-c4ccc(-c5ccccn5)cn4)c4ccccc34)c3ccccc23)cc1. The van der Waals surface area contributed by atoms with Crippen LogP contribution in [0.3, 0.4) is 0 Å². The molecule has 8 aromatic rings. The molecule has 42 heavy (non-hydrogen) atoms. The van der Waals surface area contributed by atoms with E-state index in [1.165, 1.54) is 54.6 Å². The van der Waals surface area contributed by atoms with Crippen molar-refractivity contribution in [3.05, 3.63) is 158 Å². The minimum absolute atomic E-state index is 0.925. The van der Waals surface area contributed by atoms with Crippen molar-refractivity contribution in [3.8, 4) is 44.8 Å². The van der Waals surface area contributed by atoms with Crippen LogP contribution in [0, 0.1) is 0 Å². The summed E-state index contributed by atoms with van der Waals surface area (Å²) in [7, 11) is 0. The average Bonchev–Trinajstić information content (AvgIpc) is 3.08. The van der Waals surface area contributed by atoms with Crippen LogP contribution in [0.15, 0.2) is 158 Å². The predicted molar refractivity (Wildman–Crippen MR) is 176 cm³/mol. The van der Waals surface area contributed by atoms with E-state index in [2.05, 4.69) is 132 Å². The second-order valence-corrected chi connectivity index (χ2v) is 10.6. The zero-order valence-electron chi connectivity index (χ0n) is 22.9. The van der Waals surface area contributed by atoms with Gasteiger partial charge in [-0.15, -0.1) is 0 Å². The first kappa shape index (κ1) is 24.2. The van der Waals surface area contributed by atoms with Gasteiger partial charge in [0.05, 0.1) is 11.4 Å². The van der Waals surface area contributed by atoms with Gasteiger partial charge in [0.25, 0.3) is 0 Å². The van der Waals surface area contributed by atoms with Gasteiger partial charge in [0, 0.05) is 23.5 Å². The van der Waals surface area contributed by atoms with Gasteiger partial charge in [-0.25, -0.2) is 0 Å². The number of rotatable bonds is 4. The molecule has 0 atom stereocenters. The molecule has 0 radical (unpaired) electrons. The first-order chi connectivity index (χ1) is 20.9. The fourth-order valence-corrected chi connectivity index (χ4v) is 6.31. The van der Waals surface area contributed by atoms with E-state index >= 15 is 0 Å². The zero-order chi connectivity index (χ0) is 27.9. The predicted octanol–water partition coefficient (Wildman–Crippen LogP) is 10.6. The highest BCUT2D eigenvalue weighted by Gasteiger charge is 2.19. The highest BCUT2D eigenvalue weighted by Crippen LogP contribution is 2.46. The minimum Gasteiger partial charge on any atom is -0.256 e. The van der Waals surface area contributed by atoms with Gasteiger partial charge in [0.1, 0.15) is 0 Å². The van der Waals surface area contributed by atoms with E-state index in [1.54, 1.807) is 0 Å². The van der Waals surface area contributed by atoms with E-state index in [0.717, 1.165) is 22.5 Å². The van der Waals surface area contributed by atoms with Crippen LogP contribution in [0.4, 0.5) is 0 Å². The molecule has 196 valence electrons. The maximum absolute atomic E-state index is 4.88. The summed E-state index contributed by atoms with van der Waals surface area (Å²) in [5.41, 5.74) is 9.02. The smallest absolute Gasteiger partial charge is 0.0717 e. The van der Waals surface area contributed by atoms with E-state index in [4.69, 9.17) is 4.98 Å². The molecule has 0 aliphatic heterocycles. The Morgan fingerprint density at radius 3 is 1.45 bits per heavy atom. The van der Waals surface area contributed by atoms with Gasteiger partial charge in [0.15, 0.2) is 0 Å². The summed E-state index contributed by atoms with van der Waals surface area (Å²) in [6.07, 6.45) is 3.74. The third-order valence-corrected chi connectivity index (χ3v) is 8.19. The first-order valence-corrected chi connectivity index (χ1v) is 14.3. The maximum atomic E-state index is 4.88. The molecule has 2 heteroatoms. The van der Waals surface area contributed by atoms with Crippen molar-refractivity contribution in [1.82, 2.24) is 9.97 Å². The highest BCUT2D eigenvalue weighted by molar-refractivity contribution is 6.24.